The molecule has 134 valence electrons. The van der Waals surface area contributed by atoms with E-state index in [1.807, 2.05) is 43.8 Å². The van der Waals surface area contributed by atoms with Crippen LogP contribution in [0, 0.1) is 0 Å². The molecule has 1 amide bonds. The molecule has 25 heavy (non-hydrogen) atoms. The third-order valence-corrected chi connectivity index (χ3v) is 4.79. The Hall–Kier alpha value is -1.86. The molecule has 1 atom stereocenters. The van der Waals surface area contributed by atoms with Crippen molar-refractivity contribution in [1.82, 2.24) is 10.3 Å². The molecule has 1 aromatic heterocycles. The van der Waals surface area contributed by atoms with Crippen LogP contribution in [0.4, 0.5) is 0 Å². The smallest absolute Gasteiger partial charge is 0.338 e. The van der Waals surface area contributed by atoms with Gasteiger partial charge in [-0.2, -0.15) is 0 Å². The van der Waals surface area contributed by atoms with E-state index in [1.165, 1.54) is 0 Å². The Bertz CT molecular complexity index is 707. The molecule has 0 saturated carbocycles. The van der Waals surface area contributed by atoms with Crippen molar-refractivity contribution in [2.24, 2.45) is 0 Å². The number of aromatic nitrogens is 1. The van der Waals surface area contributed by atoms with Crippen molar-refractivity contribution in [1.29, 1.82) is 0 Å². The van der Waals surface area contributed by atoms with E-state index in [-0.39, 0.29) is 11.4 Å². The molecular weight excluding hydrogens is 356 g/mol. The second kappa shape index (κ2) is 8.49. The van der Waals surface area contributed by atoms with Gasteiger partial charge in [0.2, 0.25) is 0 Å². The zero-order valence-electron chi connectivity index (χ0n) is 14.7. The van der Waals surface area contributed by atoms with Crippen LogP contribution in [0.1, 0.15) is 43.7 Å². The van der Waals surface area contributed by atoms with Crippen molar-refractivity contribution in [3.8, 4) is 0 Å². The number of carbonyl (C=O) groups is 2. The van der Waals surface area contributed by atoms with Gasteiger partial charge in [-0.25, -0.2) is 9.78 Å². The normalized spacial score (nSPS) is 12.5. The lowest BCUT2D eigenvalue weighted by molar-refractivity contribution is -0.130. The summed E-state index contributed by atoms with van der Waals surface area (Å²) in [6, 6.07) is 7.15. The van der Waals surface area contributed by atoms with Gasteiger partial charge >= 0.3 is 5.97 Å². The molecule has 0 bridgehead atoms. The van der Waals surface area contributed by atoms with Crippen LogP contribution in [0.25, 0.3) is 0 Å². The number of nitrogens with one attached hydrogen (secondary N) is 1. The van der Waals surface area contributed by atoms with E-state index < -0.39 is 12.1 Å². The predicted molar refractivity (Wildman–Crippen MR) is 101 cm³/mol. The lowest BCUT2D eigenvalue weighted by Gasteiger charge is -2.23. The molecule has 2 rings (SSSR count). The molecule has 1 unspecified atom stereocenters. The number of thiazole rings is 1. The third kappa shape index (κ3) is 6.51. The second-order valence-corrected chi connectivity index (χ2v) is 8.35. The number of esters is 1. The number of hydrogen-bond donors (Lipinski definition) is 1. The molecule has 1 heterocycles. The molecule has 0 spiro atoms. The predicted octanol–water partition coefficient (Wildman–Crippen LogP) is 3.90. The maximum atomic E-state index is 12.2. The number of nitrogens with zero attached hydrogens (tertiary/aromatic N) is 1. The molecule has 5 nitrogen and oxygen atoms in total. The first-order valence-corrected chi connectivity index (χ1v) is 9.80. The summed E-state index contributed by atoms with van der Waals surface area (Å²) in [5, 5.41) is 4.81. The zero-order chi connectivity index (χ0) is 18.4. The quantitative estimate of drug-likeness (QED) is 0.610. The van der Waals surface area contributed by atoms with E-state index in [0.29, 0.717) is 5.56 Å². The van der Waals surface area contributed by atoms with E-state index in [9.17, 15) is 9.59 Å². The first-order chi connectivity index (χ1) is 11.7. The fourth-order valence-corrected chi connectivity index (χ4v) is 3.37. The summed E-state index contributed by atoms with van der Waals surface area (Å²) in [6.07, 6.45) is -0.842. The summed E-state index contributed by atoms with van der Waals surface area (Å²) in [5.41, 5.74) is 2.91. The topological polar surface area (TPSA) is 68.3 Å². The van der Waals surface area contributed by atoms with Gasteiger partial charge in [0, 0.05) is 21.6 Å². The molecule has 2 aromatic rings. The van der Waals surface area contributed by atoms with Crippen LogP contribution in [-0.2, 0) is 15.3 Å². The highest BCUT2D eigenvalue weighted by Gasteiger charge is 2.22. The fraction of sp³-hybridized carbons (Fsp3) is 0.389. The maximum absolute atomic E-state index is 12.2. The fourth-order valence-electron chi connectivity index (χ4n) is 1.91. The number of thioether (sulfide) groups is 1. The highest BCUT2D eigenvalue weighted by Crippen LogP contribution is 2.23. The van der Waals surface area contributed by atoms with Gasteiger partial charge in [0.25, 0.3) is 5.91 Å². The second-order valence-electron chi connectivity index (χ2n) is 6.58. The Morgan fingerprint density at radius 2 is 1.96 bits per heavy atom. The Labute approximate surface area is 156 Å². The Morgan fingerprint density at radius 1 is 1.28 bits per heavy atom. The van der Waals surface area contributed by atoms with Crippen molar-refractivity contribution >= 4 is 35.0 Å². The van der Waals surface area contributed by atoms with Crippen LogP contribution in [0.5, 0.6) is 0 Å². The van der Waals surface area contributed by atoms with Crippen molar-refractivity contribution in [3.05, 3.63) is 46.4 Å². The molecule has 0 saturated heterocycles. The Kier molecular flexibility index (Phi) is 6.61. The van der Waals surface area contributed by atoms with Crippen molar-refractivity contribution in [2.75, 3.05) is 0 Å². The van der Waals surface area contributed by atoms with E-state index >= 15 is 0 Å². The summed E-state index contributed by atoms with van der Waals surface area (Å²) in [4.78, 5) is 29.4. The van der Waals surface area contributed by atoms with Crippen molar-refractivity contribution < 1.29 is 14.3 Å². The summed E-state index contributed by atoms with van der Waals surface area (Å²) >= 11 is 3.23. The van der Waals surface area contributed by atoms with Crippen molar-refractivity contribution in [3.63, 3.8) is 0 Å². The average molecular weight is 379 g/mol. The minimum atomic E-state index is -0.842. The minimum absolute atomic E-state index is 0.309. The maximum Gasteiger partial charge on any atom is 0.338 e. The number of rotatable bonds is 6. The number of benzene rings is 1. The first-order valence-electron chi connectivity index (χ1n) is 7.87. The van der Waals surface area contributed by atoms with Gasteiger partial charge in [-0.3, -0.25) is 4.79 Å². The number of carbonyl (C=O) groups excluding carboxylic acids is 2. The van der Waals surface area contributed by atoms with Gasteiger partial charge in [0.15, 0.2) is 6.10 Å². The van der Waals surface area contributed by atoms with Gasteiger partial charge in [-0.15, -0.1) is 23.1 Å². The molecule has 1 aromatic carbocycles. The molecule has 0 radical (unpaired) electrons. The molecular formula is C18H22N2O3S2. The highest BCUT2D eigenvalue weighted by atomic mass is 32.2. The number of hydrogen-bond acceptors (Lipinski definition) is 6. The van der Waals surface area contributed by atoms with Crippen LogP contribution < -0.4 is 5.32 Å². The lowest BCUT2D eigenvalue weighted by Crippen LogP contribution is -2.46. The largest absolute Gasteiger partial charge is 0.449 e. The number of amides is 1. The Balaban J connectivity index is 1.88. The van der Waals surface area contributed by atoms with Gasteiger partial charge in [-0.05, 0) is 52.0 Å². The van der Waals surface area contributed by atoms with Crippen LogP contribution in [0.3, 0.4) is 0 Å². The van der Waals surface area contributed by atoms with Gasteiger partial charge in [0.1, 0.15) is 0 Å². The minimum Gasteiger partial charge on any atom is -0.449 e. The molecule has 0 fully saturated rings. The molecule has 1 N–H and O–H groups in total. The summed E-state index contributed by atoms with van der Waals surface area (Å²) in [7, 11) is 0. The van der Waals surface area contributed by atoms with E-state index in [1.54, 1.807) is 42.2 Å². The number of ether oxygens (including phenoxy) is 1. The van der Waals surface area contributed by atoms with Gasteiger partial charge < -0.3 is 10.1 Å². The summed E-state index contributed by atoms with van der Waals surface area (Å²) < 4.78 is 5.24. The van der Waals surface area contributed by atoms with Crippen LogP contribution in [0.15, 0.2) is 40.1 Å². The van der Waals surface area contributed by atoms with Gasteiger partial charge in [0.05, 0.1) is 16.8 Å². The van der Waals surface area contributed by atoms with Gasteiger partial charge in [-0.1, -0.05) is 0 Å². The zero-order valence-corrected chi connectivity index (χ0v) is 16.4. The van der Waals surface area contributed by atoms with E-state index in [4.69, 9.17) is 4.74 Å². The molecule has 0 aliphatic rings. The van der Waals surface area contributed by atoms with Crippen LogP contribution in [-0.4, -0.2) is 28.5 Å². The molecule has 7 heteroatoms. The van der Waals surface area contributed by atoms with E-state index in [0.717, 1.165) is 16.3 Å². The van der Waals surface area contributed by atoms with Crippen LogP contribution >= 0.6 is 23.1 Å². The first kappa shape index (κ1) is 19.5. The van der Waals surface area contributed by atoms with Crippen molar-refractivity contribution in [2.45, 2.75) is 50.0 Å². The Morgan fingerprint density at radius 3 is 2.52 bits per heavy atom. The molecule has 0 aliphatic heterocycles. The standard InChI is InChI=1S/C18H22N2O3S2/c1-12(16(21)20-18(2,3)4)23-17(22)13-5-7-15(8-6-13)25-10-14-9-24-11-19-14/h5-9,11-12H,10H2,1-4H3,(H,20,21). The average Bonchev–Trinajstić information content (AvgIpc) is 3.05. The highest BCUT2D eigenvalue weighted by molar-refractivity contribution is 7.98. The summed E-state index contributed by atoms with van der Waals surface area (Å²) in [6.45, 7) is 7.20. The monoisotopic (exact) mass is 378 g/mol. The summed E-state index contributed by atoms with van der Waals surface area (Å²) in [5.74, 6) is -0.0268. The van der Waals surface area contributed by atoms with E-state index in [2.05, 4.69) is 10.3 Å². The van der Waals surface area contributed by atoms with Crippen LogP contribution in [0.2, 0.25) is 0 Å². The lowest BCUT2D eigenvalue weighted by atomic mass is 10.1. The molecule has 0 aliphatic carbocycles. The SMILES string of the molecule is CC(OC(=O)c1ccc(SCc2cscn2)cc1)C(=O)NC(C)(C)C. The third-order valence-electron chi connectivity index (χ3n) is 3.11.